The van der Waals surface area contributed by atoms with Crippen LogP contribution in [-0.4, -0.2) is 56.7 Å². The first-order valence-corrected chi connectivity index (χ1v) is 7.29. The third-order valence-electron chi connectivity index (χ3n) is 2.25. The first-order valence-electron chi connectivity index (χ1n) is 5.89. The van der Waals surface area contributed by atoms with Crippen LogP contribution >= 0.6 is 11.8 Å². The normalized spacial score (nSPS) is 11.9. The minimum Gasteiger partial charge on any atom is -0.383 e. The molecule has 0 rings (SSSR count). The van der Waals surface area contributed by atoms with E-state index < -0.39 is 6.04 Å². The van der Waals surface area contributed by atoms with Crippen molar-refractivity contribution in [2.45, 2.75) is 18.9 Å². The molecule has 18 heavy (non-hydrogen) atoms. The zero-order valence-electron chi connectivity index (χ0n) is 11.0. The zero-order chi connectivity index (χ0) is 13.8. The molecule has 1 atom stereocenters. The van der Waals surface area contributed by atoms with E-state index in [0.717, 1.165) is 5.75 Å². The number of methoxy groups -OCH3 is 1. The van der Waals surface area contributed by atoms with Crippen molar-refractivity contribution in [3.05, 3.63) is 0 Å². The lowest BCUT2D eigenvalue weighted by Crippen LogP contribution is -2.42. The fourth-order valence-corrected chi connectivity index (χ4v) is 1.68. The van der Waals surface area contributed by atoms with Crippen LogP contribution in [0.25, 0.3) is 0 Å². The van der Waals surface area contributed by atoms with E-state index in [-0.39, 0.29) is 18.2 Å². The van der Waals surface area contributed by atoms with Crippen molar-refractivity contribution in [3.8, 4) is 0 Å². The molecule has 0 aliphatic rings. The smallest absolute Gasteiger partial charge is 0.236 e. The topological polar surface area (TPSA) is 93.5 Å². The van der Waals surface area contributed by atoms with E-state index in [2.05, 4.69) is 10.6 Å². The van der Waals surface area contributed by atoms with Gasteiger partial charge >= 0.3 is 0 Å². The molecule has 0 aromatic heterocycles. The fourth-order valence-electron chi connectivity index (χ4n) is 1.19. The molecule has 6 nitrogen and oxygen atoms in total. The Morgan fingerprint density at radius 2 is 2.06 bits per heavy atom. The first-order chi connectivity index (χ1) is 8.61. The highest BCUT2D eigenvalue weighted by Crippen LogP contribution is 1.98. The molecule has 7 heteroatoms. The van der Waals surface area contributed by atoms with Gasteiger partial charge in [-0.05, 0) is 18.4 Å². The number of thioether (sulfide) groups is 1. The average molecular weight is 277 g/mol. The number of hydrogen-bond acceptors (Lipinski definition) is 5. The van der Waals surface area contributed by atoms with Crippen molar-refractivity contribution in [2.75, 3.05) is 38.8 Å². The summed E-state index contributed by atoms with van der Waals surface area (Å²) in [5, 5.41) is 5.32. The Hall–Kier alpha value is -0.790. The quantitative estimate of drug-likeness (QED) is 0.461. The molecule has 2 amide bonds. The average Bonchev–Trinajstić information content (AvgIpc) is 2.36. The van der Waals surface area contributed by atoms with Gasteiger partial charge in [0.15, 0.2) is 0 Å². The van der Waals surface area contributed by atoms with Gasteiger partial charge in [0, 0.05) is 26.6 Å². The highest BCUT2D eigenvalue weighted by molar-refractivity contribution is 7.98. The third kappa shape index (κ3) is 9.26. The lowest BCUT2D eigenvalue weighted by atomic mass is 10.2. The summed E-state index contributed by atoms with van der Waals surface area (Å²) in [4.78, 5) is 22.8. The minimum absolute atomic E-state index is 0.106. The van der Waals surface area contributed by atoms with Crippen LogP contribution in [0.5, 0.6) is 0 Å². The summed E-state index contributed by atoms with van der Waals surface area (Å²) in [7, 11) is 1.57. The summed E-state index contributed by atoms with van der Waals surface area (Å²) in [5.74, 6) is 0.547. The van der Waals surface area contributed by atoms with E-state index in [9.17, 15) is 9.59 Å². The van der Waals surface area contributed by atoms with Crippen molar-refractivity contribution in [1.82, 2.24) is 10.6 Å². The summed E-state index contributed by atoms with van der Waals surface area (Å²) < 4.78 is 4.80. The zero-order valence-corrected chi connectivity index (χ0v) is 11.8. The summed E-state index contributed by atoms with van der Waals surface area (Å²) in [6, 6.07) is -0.492. The van der Waals surface area contributed by atoms with E-state index in [1.807, 2.05) is 6.26 Å². The van der Waals surface area contributed by atoms with Gasteiger partial charge < -0.3 is 21.1 Å². The van der Waals surface area contributed by atoms with Crippen LogP contribution in [0, 0.1) is 0 Å². The lowest BCUT2D eigenvalue weighted by Gasteiger charge is -2.11. The molecule has 0 saturated heterocycles. The van der Waals surface area contributed by atoms with Gasteiger partial charge in [-0.3, -0.25) is 9.59 Å². The molecular formula is C11H23N3O3S. The van der Waals surface area contributed by atoms with Gasteiger partial charge in [0.25, 0.3) is 0 Å². The van der Waals surface area contributed by atoms with Gasteiger partial charge in [-0.25, -0.2) is 0 Å². The van der Waals surface area contributed by atoms with Gasteiger partial charge in [-0.15, -0.1) is 0 Å². The molecule has 0 spiro atoms. The SMILES string of the molecule is COCCNC(=O)CCNC(=O)[C@H](N)CCSC. The Morgan fingerprint density at radius 3 is 2.67 bits per heavy atom. The largest absolute Gasteiger partial charge is 0.383 e. The van der Waals surface area contributed by atoms with Gasteiger partial charge in [0.2, 0.25) is 11.8 Å². The van der Waals surface area contributed by atoms with E-state index >= 15 is 0 Å². The Bertz CT molecular complexity index is 252. The minimum atomic E-state index is -0.492. The predicted molar refractivity (Wildman–Crippen MR) is 73.5 cm³/mol. The van der Waals surface area contributed by atoms with Crippen molar-refractivity contribution >= 4 is 23.6 Å². The lowest BCUT2D eigenvalue weighted by molar-refractivity contribution is -0.123. The molecule has 0 saturated carbocycles. The number of nitrogens with two attached hydrogens (primary N) is 1. The molecule has 0 aliphatic carbocycles. The molecule has 0 unspecified atom stereocenters. The summed E-state index contributed by atoms with van der Waals surface area (Å²) >= 11 is 1.65. The molecular weight excluding hydrogens is 254 g/mol. The van der Waals surface area contributed by atoms with Crippen LogP contribution in [-0.2, 0) is 14.3 Å². The predicted octanol–water partition coefficient (Wildman–Crippen LogP) is -0.664. The van der Waals surface area contributed by atoms with E-state index in [1.54, 1.807) is 18.9 Å². The number of carbonyl (C=O) groups is 2. The van der Waals surface area contributed by atoms with E-state index in [4.69, 9.17) is 10.5 Å². The van der Waals surface area contributed by atoms with Gasteiger partial charge in [0.05, 0.1) is 12.6 Å². The van der Waals surface area contributed by atoms with Crippen LogP contribution in [0.15, 0.2) is 0 Å². The maximum absolute atomic E-state index is 11.5. The molecule has 0 bridgehead atoms. The molecule has 4 N–H and O–H groups in total. The van der Waals surface area contributed by atoms with Crippen LogP contribution in [0.2, 0.25) is 0 Å². The van der Waals surface area contributed by atoms with Gasteiger partial charge in [-0.2, -0.15) is 11.8 Å². The van der Waals surface area contributed by atoms with Gasteiger partial charge in [0.1, 0.15) is 0 Å². The Balaban J connectivity index is 3.57. The second-order valence-electron chi connectivity index (χ2n) is 3.77. The number of ether oxygens (including phenoxy) is 1. The highest BCUT2D eigenvalue weighted by atomic mass is 32.2. The summed E-state index contributed by atoms with van der Waals surface area (Å²) in [5.41, 5.74) is 5.68. The van der Waals surface area contributed by atoms with Crippen molar-refractivity contribution in [1.29, 1.82) is 0 Å². The maximum Gasteiger partial charge on any atom is 0.236 e. The molecule has 0 heterocycles. The summed E-state index contributed by atoms with van der Waals surface area (Å²) in [6.07, 6.45) is 2.87. The second-order valence-corrected chi connectivity index (χ2v) is 4.76. The van der Waals surface area contributed by atoms with E-state index in [1.165, 1.54) is 0 Å². The number of carbonyl (C=O) groups excluding carboxylic acids is 2. The van der Waals surface area contributed by atoms with Crippen LogP contribution in [0.1, 0.15) is 12.8 Å². The first kappa shape index (κ1) is 17.2. The Morgan fingerprint density at radius 1 is 1.33 bits per heavy atom. The van der Waals surface area contributed by atoms with Crippen molar-refractivity contribution in [2.24, 2.45) is 5.73 Å². The highest BCUT2D eigenvalue weighted by Gasteiger charge is 2.12. The van der Waals surface area contributed by atoms with Crippen molar-refractivity contribution < 1.29 is 14.3 Å². The standard InChI is InChI=1S/C11H23N3O3S/c1-17-7-6-13-10(15)3-5-14-11(16)9(12)4-8-18-2/h9H,3-8,12H2,1-2H3,(H,13,15)(H,14,16)/t9-/m1/s1. The monoisotopic (exact) mass is 277 g/mol. The van der Waals surface area contributed by atoms with Crippen LogP contribution < -0.4 is 16.4 Å². The molecule has 0 fully saturated rings. The molecule has 0 aromatic carbocycles. The van der Waals surface area contributed by atoms with Crippen molar-refractivity contribution in [3.63, 3.8) is 0 Å². The van der Waals surface area contributed by atoms with Gasteiger partial charge in [-0.1, -0.05) is 0 Å². The number of amides is 2. The number of hydrogen-bond donors (Lipinski definition) is 3. The maximum atomic E-state index is 11.5. The van der Waals surface area contributed by atoms with Crippen LogP contribution in [0.3, 0.4) is 0 Å². The molecule has 0 radical (unpaired) electrons. The number of nitrogens with one attached hydrogen (secondary N) is 2. The Kier molecular flexibility index (Phi) is 10.8. The van der Waals surface area contributed by atoms with E-state index in [0.29, 0.717) is 26.1 Å². The Labute approximate surface area is 112 Å². The third-order valence-corrected chi connectivity index (χ3v) is 2.89. The number of rotatable bonds is 10. The molecule has 106 valence electrons. The summed E-state index contributed by atoms with van der Waals surface area (Å²) in [6.45, 7) is 1.28. The molecule has 0 aliphatic heterocycles. The molecule has 0 aromatic rings. The van der Waals surface area contributed by atoms with Crippen LogP contribution in [0.4, 0.5) is 0 Å². The second kappa shape index (κ2) is 11.3. The fraction of sp³-hybridized carbons (Fsp3) is 0.818.